The Labute approximate surface area is 58.0 Å². The van der Waals surface area contributed by atoms with E-state index >= 15 is 0 Å². The monoisotopic (exact) mass is 149 g/mol. The molecule has 0 aliphatic carbocycles. The summed E-state index contributed by atoms with van der Waals surface area (Å²) < 4.78 is 0. The Kier molecular flexibility index (Phi) is 1.92. The number of halogens is 2. The summed E-state index contributed by atoms with van der Waals surface area (Å²) in [5.41, 5.74) is -0.240. The van der Waals surface area contributed by atoms with E-state index in [4.69, 9.17) is 23.2 Å². The highest BCUT2D eigenvalue weighted by Crippen LogP contribution is 2.10. The van der Waals surface area contributed by atoms with Crippen LogP contribution in [0.3, 0.4) is 0 Å². The van der Waals surface area contributed by atoms with Gasteiger partial charge in [-0.3, -0.25) is 4.99 Å². The quantitative estimate of drug-likeness (QED) is 0.285. The van der Waals surface area contributed by atoms with Crippen molar-refractivity contribution < 1.29 is 0 Å². The number of hydrogen-bond acceptors (Lipinski definition) is 1. The highest BCUT2D eigenvalue weighted by atomic mass is 35.5. The van der Waals surface area contributed by atoms with E-state index in [9.17, 15) is 0 Å². The molecule has 1 heterocycles. The van der Waals surface area contributed by atoms with Gasteiger partial charge in [-0.1, -0.05) is 29.3 Å². The highest BCUT2D eigenvalue weighted by molar-refractivity contribution is 6.65. The molecule has 1 aliphatic rings. The molecule has 0 radical (unpaired) electrons. The van der Waals surface area contributed by atoms with Crippen LogP contribution in [0.15, 0.2) is 17.1 Å². The third-order valence-corrected chi connectivity index (χ3v) is 1.34. The van der Waals surface area contributed by atoms with Crippen LogP contribution in [0.4, 0.5) is 0 Å². The number of rotatable bonds is 0. The van der Waals surface area contributed by atoms with Gasteiger partial charge < -0.3 is 0 Å². The van der Waals surface area contributed by atoms with E-state index in [1.54, 1.807) is 0 Å². The van der Waals surface area contributed by atoms with Crippen LogP contribution in [-0.4, -0.2) is 10.7 Å². The summed E-state index contributed by atoms with van der Waals surface area (Å²) in [5.74, 6) is 0. The lowest BCUT2D eigenvalue weighted by Crippen LogP contribution is -1.98. The second-order valence-corrected chi connectivity index (χ2v) is 2.39. The number of hydrogen-bond donors (Lipinski definition) is 0. The van der Waals surface area contributed by atoms with Gasteiger partial charge in [-0.2, -0.15) is 0 Å². The number of nitrogens with zero attached hydrogens (tertiary/aromatic N) is 1. The molecule has 1 atom stereocenters. The predicted octanol–water partition coefficient (Wildman–Crippen LogP) is 2.15. The van der Waals surface area contributed by atoms with Gasteiger partial charge in [0.2, 0.25) is 0 Å². The van der Waals surface area contributed by atoms with Crippen LogP contribution in [0.1, 0.15) is 6.42 Å². The molecule has 8 heavy (non-hydrogen) atoms. The van der Waals surface area contributed by atoms with Gasteiger partial charge in [0, 0.05) is 6.42 Å². The maximum absolute atomic E-state index is 5.55. The third kappa shape index (κ3) is 1.49. The first-order chi connectivity index (χ1) is 3.79. The maximum atomic E-state index is 5.55. The van der Waals surface area contributed by atoms with Crippen molar-refractivity contribution in [3.05, 3.63) is 12.2 Å². The summed E-state index contributed by atoms with van der Waals surface area (Å²) >= 11 is 11.1. The minimum atomic E-state index is -0.240. The molecule has 0 saturated carbocycles. The summed E-state index contributed by atoms with van der Waals surface area (Å²) in [5, 5.41) is 0.590. The van der Waals surface area contributed by atoms with E-state index in [-0.39, 0.29) is 5.50 Å². The molecule has 1 unspecified atom stereocenters. The van der Waals surface area contributed by atoms with Gasteiger partial charge in [0.25, 0.3) is 0 Å². The second kappa shape index (κ2) is 2.51. The fourth-order valence-corrected chi connectivity index (χ4v) is 0.972. The van der Waals surface area contributed by atoms with Crippen molar-refractivity contribution in [2.24, 2.45) is 4.99 Å². The largest absolute Gasteiger partial charge is 0.254 e. The molecule has 44 valence electrons. The molecule has 0 amide bonds. The molecule has 0 aromatic heterocycles. The average Bonchev–Trinajstić information content (AvgIpc) is 1.64. The summed E-state index contributed by atoms with van der Waals surface area (Å²) in [7, 11) is 0. The Morgan fingerprint density at radius 2 is 2.50 bits per heavy atom. The van der Waals surface area contributed by atoms with Gasteiger partial charge in [-0.15, -0.1) is 0 Å². The Morgan fingerprint density at radius 3 is 2.88 bits per heavy atom. The van der Waals surface area contributed by atoms with Crippen LogP contribution in [0.5, 0.6) is 0 Å². The zero-order chi connectivity index (χ0) is 5.98. The van der Waals surface area contributed by atoms with E-state index in [0.29, 0.717) is 5.17 Å². The SMILES string of the molecule is ClC1=NC(Cl)C=CC1. The summed E-state index contributed by atoms with van der Waals surface area (Å²) in [6.07, 6.45) is 4.45. The molecular formula is C5H5Cl2N. The van der Waals surface area contributed by atoms with Crippen molar-refractivity contribution in [1.29, 1.82) is 0 Å². The van der Waals surface area contributed by atoms with Gasteiger partial charge >= 0.3 is 0 Å². The molecule has 1 nitrogen and oxygen atoms in total. The summed E-state index contributed by atoms with van der Waals surface area (Å²) in [4.78, 5) is 3.84. The molecule has 0 spiro atoms. The van der Waals surface area contributed by atoms with E-state index in [2.05, 4.69) is 4.99 Å². The molecule has 0 aromatic rings. The predicted molar refractivity (Wildman–Crippen MR) is 36.7 cm³/mol. The van der Waals surface area contributed by atoms with E-state index in [1.165, 1.54) is 0 Å². The standard InChI is InChI=1S/C5H5Cl2N/c6-4-2-1-3-5(7)8-4/h1-2,4H,3H2. The number of dihydropyridines is 1. The molecule has 0 saturated heterocycles. The third-order valence-electron chi connectivity index (χ3n) is 0.845. The van der Waals surface area contributed by atoms with E-state index < -0.39 is 0 Å². The Hall–Kier alpha value is -0.0100. The number of allylic oxidation sites excluding steroid dienone is 1. The second-order valence-electron chi connectivity index (χ2n) is 1.51. The maximum Gasteiger partial charge on any atom is 0.143 e. The van der Waals surface area contributed by atoms with Crippen LogP contribution >= 0.6 is 23.2 Å². The van der Waals surface area contributed by atoms with E-state index in [1.807, 2.05) is 12.2 Å². The summed E-state index contributed by atoms with van der Waals surface area (Å²) in [6.45, 7) is 0. The van der Waals surface area contributed by atoms with Gasteiger partial charge in [0.05, 0.1) is 0 Å². The minimum Gasteiger partial charge on any atom is -0.254 e. The van der Waals surface area contributed by atoms with Crippen molar-refractivity contribution in [3.63, 3.8) is 0 Å². The fourth-order valence-electron chi connectivity index (χ4n) is 0.507. The van der Waals surface area contributed by atoms with Gasteiger partial charge in [-0.25, -0.2) is 0 Å². The Balaban J connectivity index is 2.60. The summed E-state index contributed by atoms with van der Waals surface area (Å²) in [6, 6.07) is 0. The smallest absolute Gasteiger partial charge is 0.143 e. The minimum absolute atomic E-state index is 0.240. The molecule has 1 rings (SSSR count). The Bertz CT molecular complexity index is 139. The topological polar surface area (TPSA) is 12.4 Å². The van der Waals surface area contributed by atoms with Gasteiger partial charge in [0.1, 0.15) is 10.7 Å². The first-order valence-corrected chi connectivity index (χ1v) is 3.13. The molecular weight excluding hydrogens is 145 g/mol. The van der Waals surface area contributed by atoms with E-state index in [0.717, 1.165) is 6.42 Å². The first-order valence-electron chi connectivity index (χ1n) is 2.32. The van der Waals surface area contributed by atoms with Crippen LogP contribution in [0, 0.1) is 0 Å². The lowest BCUT2D eigenvalue weighted by atomic mass is 10.3. The lowest BCUT2D eigenvalue weighted by molar-refractivity contribution is 1.10. The zero-order valence-electron chi connectivity index (χ0n) is 4.14. The molecule has 3 heteroatoms. The number of alkyl halides is 1. The van der Waals surface area contributed by atoms with Crippen molar-refractivity contribution in [2.75, 3.05) is 0 Å². The normalized spacial score (nSPS) is 27.8. The van der Waals surface area contributed by atoms with Gasteiger partial charge in [0.15, 0.2) is 0 Å². The first kappa shape index (κ1) is 6.12. The highest BCUT2D eigenvalue weighted by Gasteiger charge is 2.02. The van der Waals surface area contributed by atoms with Crippen LogP contribution in [0.2, 0.25) is 0 Å². The van der Waals surface area contributed by atoms with Crippen molar-refractivity contribution in [1.82, 2.24) is 0 Å². The van der Waals surface area contributed by atoms with Crippen molar-refractivity contribution >= 4 is 28.4 Å². The van der Waals surface area contributed by atoms with Crippen LogP contribution < -0.4 is 0 Å². The van der Waals surface area contributed by atoms with Crippen molar-refractivity contribution in [3.8, 4) is 0 Å². The number of aliphatic imine (C=N–C) groups is 1. The van der Waals surface area contributed by atoms with Crippen molar-refractivity contribution in [2.45, 2.75) is 11.9 Å². The lowest BCUT2D eigenvalue weighted by Gasteiger charge is -2.02. The average molecular weight is 150 g/mol. The van der Waals surface area contributed by atoms with Crippen LogP contribution in [-0.2, 0) is 0 Å². The molecule has 0 N–H and O–H groups in total. The molecule has 0 bridgehead atoms. The molecule has 0 aromatic carbocycles. The molecule has 1 aliphatic heterocycles. The van der Waals surface area contributed by atoms with Crippen LogP contribution in [0.25, 0.3) is 0 Å². The Morgan fingerprint density at radius 1 is 1.75 bits per heavy atom. The fraction of sp³-hybridized carbons (Fsp3) is 0.400. The molecule has 0 fully saturated rings. The zero-order valence-corrected chi connectivity index (χ0v) is 5.65. The van der Waals surface area contributed by atoms with Gasteiger partial charge in [-0.05, 0) is 6.08 Å².